The molecule has 108 valence electrons. The molecule has 0 radical (unpaired) electrons. The van der Waals surface area contributed by atoms with Crippen molar-refractivity contribution in [2.75, 3.05) is 5.32 Å². The second-order valence-corrected chi connectivity index (χ2v) is 6.24. The SMILES string of the molecule is CCc1c(C)[nH]c(/C=C2\C(=O)Nc3ccc(Br)cc32)c1C. The summed E-state index contributed by atoms with van der Waals surface area (Å²) < 4.78 is 0.970. The fraction of sp³-hybridized carbons (Fsp3) is 0.235. The Labute approximate surface area is 132 Å². The number of carbonyl (C=O) groups is 1. The molecule has 0 saturated carbocycles. The molecule has 1 aromatic carbocycles. The summed E-state index contributed by atoms with van der Waals surface area (Å²) in [5.41, 5.74) is 7.26. The van der Waals surface area contributed by atoms with Crippen molar-refractivity contribution in [1.29, 1.82) is 0 Å². The molecule has 2 N–H and O–H groups in total. The predicted octanol–water partition coefficient (Wildman–Crippen LogP) is 4.45. The van der Waals surface area contributed by atoms with Crippen molar-refractivity contribution in [2.45, 2.75) is 27.2 Å². The molecule has 4 heteroatoms. The standard InChI is InChI=1S/C17H17BrN2O/c1-4-12-9(2)16(19-10(12)3)8-14-13-7-11(18)5-6-15(13)20-17(14)21/h5-8,19H,4H2,1-3H3,(H,20,21)/b14-8-. The summed E-state index contributed by atoms with van der Waals surface area (Å²) in [4.78, 5) is 15.6. The number of hydrogen-bond donors (Lipinski definition) is 2. The zero-order valence-corrected chi connectivity index (χ0v) is 13.9. The summed E-state index contributed by atoms with van der Waals surface area (Å²) in [6.07, 6.45) is 2.95. The van der Waals surface area contributed by atoms with Gasteiger partial charge >= 0.3 is 0 Å². The van der Waals surface area contributed by atoms with Gasteiger partial charge < -0.3 is 10.3 Å². The molecular formula is C17H17BrN2O. The van der Waals surface area contributed by atoms with Crippen LogP contribution in [0.5, 0.6) is 0 Å². The van der Waals surface area contributed by atoms with Crippen LogP contribution >= 0.6 is 15.9 Å². The molecule has 0 bridgehead atoms. The highest BCUT2D eigenvalue weighted by molar-refractivity contribution is 9.10. The van der Waals surface area contributed by atoms with Crippen LogP contribution in [0, 0.1) is 13.8 Å². The first-order valence-electron chi connectivity index (χ1n) is 7.02. The van der Waals surface area contributed by atoms with Crippen molar-refractivity contribution in [2.24, 2.45) is 0 Å². The molecule has 3 rings (SSSR count). The number of aromatic amines is 1. The Morgan fingerprint density at radius 2 is 2.05 bits per heavy atom. The largest absolute Gasteiger partial charge is 0.359 e. The Balaban J connectivity index is 2.13. The number of H-pyrrole nitrogens is 1. The lowest BCUT2D eigenvalue weighted by atomic mass is 10.0. The maximum absolute atomic E-state index is 12.2. The predicted molar refractivity (Wildman–Crippen MR) is 90.3 cm³/mol. The number of nitrogens with one attached hydrogen (secondary N) is 2. The number of fused-ring (bicyclic) bond motifs is 1. The maximum atomic E-state index is 12.2. The number of anilines is 1. The first kappa shape index (κ1) is 14.1. The highest BCUT2D eigenvalue weighted by Crippen LogP contribution is 2.35. The number of carbonyl (C=O) groups excluding carboxylic acids is 1. The highest BCUT2D eigenvalue weighted by Gasteiger charge is 2.24. The van der Waals surface area contributed by atoms with Crippen molar-refractivity contribution >= 4 is 39.2 Å². The van der Waals surface area contributed by atoms with Gasteiger partial charge in [0.1, 0.15) is 0 Å². The van der Waals surface area contributed by atoms with Crippen LogP contribution in [0.25, 0.3) is 11.6 Å². The van der Waals surface area contributed by atoms with Gasteiger partial charge in [-0.15, -0.1) is 0 Å². The summed E-state index contributed by atoms with van der Waals surface area (Å²) in [5.74, 6) is -0.0483. The van der Waals surface area contributed by atoms with E-state index in [0.717, 1.165) is 27.8 Å². The Morgan fingerprint density at radius 3 is 2.71 bits per heavy atom. The smallest absolute Gasteiger partial charge is 0.256 e. The Morgan fingerprint density at radius 1 is 1.29 bits per heavy atom. The van der Waals surface area contributed by atoms with Crippen molar-refractivity contribution in [1.82, 2.24) is 4.98 Å². The van der Waals surface area contributed by atoms with E-state index in [2.05, 4.69) is 47.0 Å². The minimum Gasteiger partial charge on any atom is -0.359 e. The van der Waals surface area contributed by atoms with E-state index >= 15 is 0 Å². The summed E-state index contributed by atoms with van der Waals surface area (Å²) >= 11 is 3.47. The van der Waals surface area contributed by atoms with Gasteiger partial charge in [-0.25, -0.2) is 0 Å². The zero-order chi connectivity index (χ0) is 15.1. The van der Waals surface area contributed by atoms with Crippen molar-refractivity contribution in [3.63, 3.8) is 0 Å². The molecule has 21 heavy (non-hydrogen) atoms. The van der Waals surface area contributed by atoms with Crippen LogP contribution in [0.1, 0.15) is 35.0 Å². The van der Waals surface area contributed by atoms with Crippen LogP contribution in [-0.4, -0.2) is 10.9 Å². The minimum absolute atomic E-state index is 0.0483. The Kier molecular flexibility index (Phi) is 3.49. The molecule has 0 spiro atoms. The van der Waals surface area contributed by atoms with Gasteiger partial charge in [-0.05, 0) is 55.7 Å². The summed E-state index contributed by atoms with van der Waals surface area (Å²) in [6, 6.07) is 5.83. The van der Waals surface area contributed by atoms with Gasteiger partial charge in [0.2, 0.25) is 0 Å². The van der Waals surface area contributed by atoms with Crippen molar-refractivity contribution < 1.29 is 4.79 Å². The molecule has 1 aliphatic heterocycles. The first-order chi connectivity index (χ1) is 10.0. The molecule has 2 heterocycles. The van der Waals surface area contributed by atoms with Gasteiger partial charge in [0.05, 0.1) is 5.57 Å². The van der Waals surface area contributed by atoms with E-state index in [1.165, 1.54) is 16.8 Å². The second-order valence-electron chi connectivity index (χ2n) is 5.32. The zero-order valence-electron chi connectivity index (χ0n) is 12.3. The molecule has 0 atom stereocenters. The van der Waals surface area contributed by atoms with Gasteiger partial charge in [-0.2, -0.15) is 0 Å². The van der Waals surface area contributed by atoms with Crippen LogP contribution in [0.15, 0.2) is 22.7 Å². The van der Waals surface area contributed by atoms with Crippen LogP contribution in [0.2, 0.25) is 0 Å². The summed E-state index contributed by atoms with van der Waals surface area (Å²) in [6.45, 7) is 6.32. The molecule has 1 aliphatic rings. The van der Waals surface area contributed by atoms with Crippen LogP contribution in [0.4, 0.5) is 5.69 Å². The summed E-state index contributed by atoms with van der Waals surface area (Å²) in [7, 11) is 0. The van der Waals surface area contributed by atoms with Crippen molar-refractivity contribution in [3.8, 4) is 0 Å². The molecule has 0 fully saturated rings. The van der Waals surface area contributed by atoms with Gasteiger partial charge in [0.15, 0.2) is 0 Å². The van der Waals surface area contributed by atoms with Crippen LogP contribution in [-0.2, 0) is 11.2 Å². The number of halogens is 1. The third-order valence-corrected chi connectivity index (χ3v) is 4.53. The number of aryl methyl sites for hydroxylation is 1. The third-order valence-electron chi connectivity index (χ3n) is 4.04. The molecule has 2 aromatic rings. The fourth-order valence-corrected chi connectivity index (χ4v) is 3.30. The van der Waals surface area contributed by atoms with E-state index in [1.54, 1.807) is 0 Å². The minimum atomic E-state index is -0.0483. The lowest BCUT2D eigenvalue weighted by molar-refractivity contribution is -0.110. The van der Waals surface area contributed by atoms with Crippen LogP contribution < -0.4 is 5.32 Å². The molecule has 0 aliphatic carbocycles. The number of amides is 1. The first-order valence-corrected chi connectivity index (χ1v) is 7.81. The average Bonchev–Trinajstić information content (AvgIpc) is 2.88. The maximum Gasteiger partial charge on any atom is 0.256 e. The second kappa shape index (κ2) is 5.19. The lowest BCUT2D eigenvalue weighted by Crippen LogP contribution is -2.03. The average molecular weight is 345 g/mol. The van der Waals surface area contributed by atoms with E-state index in [1.807, 2.05) is 24.3 Å². The van der Waals surface area contributed by atoms with E-state index in [-0.39, 0.29) is 5.91 Å². The van der Waals surface area contributed by atoms with Gasteiger partial charge in [-0.3, -0.25) is 4.79 Å². The number of rotatable bonds is 2. The van der Waals surface area contributed by atoms with E-state index in [9.17, 15) is 4.79 Å². The van der Waals surface area contributed by atoms with Gasteiger partial charge in [0.25, 0.3) is 5.91 Å². The monoisotopic (exact) mass is 344 g/mol. The Hall–Kier alpha value is -1.81. The summed E-state index contributed by atoms with van der Waals surface area (Å²) in [5, 5.41) is 2.91. The van der Waals surface area contributed by atoms with Crippen molar-refractivity contribution in [3.05, 3.63) is 50.8 Å². The van der Waals surface area contributed by atoms with E-state index in [0.29, 0.717) is 5.57 Å². The van der Waals surface area contributed by atoms with E-state index < -0.39 is 0 Å². The lowest BCUT2D eigenvalue weighted by Gasteiger charge is -2.00. The quantitative estimate of drug-likeness (QED) is 0.776. The van der Waals surface area contributed by atoms with Crippen LogP contribution in [0.3, 0.4) is 0 Å². The molecule has 1 amide bonds. The molecule has 0 unspecified atom stereocenters. The highest BCUT2D eigenvalue weighted by atomic mass is 79.9. The number of aromatic nitrogens is 1. The third kappa shape index (κ3) is 2.33. The fourth-order valence-electron chi connectivity index (χ4n) is 2.94. The number of benzene rings is 1. The normalized spacial score (nSPS) is 15.4. The Bertz CT molecular complexity index is 771. The topological polar surface area (TPSA) is 44.9 Å². The van der Waals surface area contributed by atoms with Gasteiger partial charge in [-0.1, -0.05) is 22.9 Å². The molecule has 0 saturated heterocycles. The molecular weight excluding hydrogens is 328 g/mol. The molecule has 1 aromatic heterocycles. The van der Waals surface area contributed by atoms with E-state index in [4.69, 9.17) is 0 Å². The molecule has 3 nitrogen and oxygen atoms in total. The number of hydrogen-bond acceptors (Lipinski definition) is 1. The van der Waals surface area contributed by atoms with Gasteiger partial charge in [0, 0.05) is 27.1 Å².